The minimum absolute atomic E-state index is 0.0137. The topological polar surface area (TPSA) is 41.9 Å². The molecule has 1 atom stereocenters. The summed E-state index contributed by atoms with van der Waals surface area (Å²) in [6.07, 6.45) is -0.210. The van der Waals surface area contributed by atoms with Gasteiger partial charge in [0.15, 0.2) is 0 Å². The van der Waals surface area contributed by atoms with Gasteiger partial charge < -0.3 is 14.6 Å². The summed E-state index contributed by atoms with van der Waals surface area (Å²) in [6, 6.07) is 4.52. The first kappa shape index (κ1) is 15.2. The highest BCUT2D eigenvalue weighted by atomic mass is 19.1. The molecule has 0 bridgehead atoms. The highest BCUT2D eigenvalue weighted by Gasteiger charge is 2.33. The summed E-state index contributed by atoms with van der Waals surface area (Å²) in [5, 5.41) is 9.32. The van der Waals surface area contributed by atoms with Crippen LogP contribution in [-0.4, -0.2) is 48.5 Å². The number of benzene rings is 1. The summed E-state index contributed by atoms with van der Waals surface area (Å²) in [6.45, 7) is 5.89. The molecule has 0 aromatic heterocycles. The Balaban J connectivity index is 2.14. The first-order chi connectivity index (χ1) is 9.43. The molecule has 1 saturated heterocycles. The van der Waals surface area contributed by atoms with Crippen LogP contribution in [0.3, 0.4) is 0 Å². The largest absolute Gasteiger partial charge is 0.496 e. The zero-order valence-corrected chi connectivity index (χ0v) is 12.2. The molecule has 4 nitrogen and oxygen atoms in total. The van der Waals surface area contributed by atoms with Gasteiger partial charge in [0.1, 0.15) is 11.6 Å². The van der Waals surface area contributed by atoms with E-state index in [1.807, 2.05) is 13.8 Å². The molecule has 0 saturated carbocycles. The SMILES string of the molecule is COc1ccc(F)cc1CN1CC(CO)OC(C)(C)C1. The molecule has 1 fully saturated rings. The van der Waals surface area contributed by atoms with Crippen molar-refractivity contribution in [3.05, 3.63) is 29.6 Å². The number of aliphatic hydroxyl groups excluding tert-OH is 1. The lowest BCUT2D eigenvalue weighted by molar-refractivity contribution is -0.150. The lowest BCUT2D eigenvalue weighted by Gasteiger charge is -2.42. The van der Waals surface area contributed by atoms with E-state index < -0.39 is 0 Å². The summed E-state index contributed by atoms with van der Waals surface area (Å²) in [7, 11) is 1.58. The second-order valence-corrected chi connectivity index (χ2v) is 5.81. The third kappa shape index (κ3) is 3.69. The summed E-state index contributed by atoms with van der Waals surface area (Å²) < 4.78 is 24.4. The van der Waals surface area contributed by atoms with Crippen LogP contribution in [0.2, 0.25) is 0 Å². The van der Waals surface area contributed by atoms with Crippen LogP contribution < -0.4 is 4.74 Å². The summed E-state index contributed by atoms with van der Waals surface area (Å²) >= 11 is 0. The number of rotatable bonds is 4. The lowest BCUT2D eigenvalue weighted by atomic mass is 10.0. The molecular weight excluding hydrogens is 261 g/mol. The third-order valence-corrected chi connectivity index (χ3v) is 3.39. The molecule has 0 aliphatic carbocycles. The highest BCUT2D eigenvalue weighted by molar-refractivity contribution is 5.33. The van der Waals surface area contributed by atoms with Crippen molar-refractivity contribution in [2.24, 2.45) is 0 Å². The van der Waals surface area contributed by atoms with E-state index in [1.165, 1.54) is 12.1 Å². The van der Waals surface area contributed by atoms with E-state index in [4.69, 9.17) is 9.47 Å². The van der Waals surface area contributed by atoms with E-state index >= 15 is 0 Å². The van der Waals surface area contributed by atoms with Crippen molar-refractivity contribution < 1.29 is 19.0 Å². The molecule has 1 aromatic rings. The summed E-state index contributed by atoms with van der Waals surface area (Å²) in [4.78, 5) is 2.15. The first-order valence-corrected chi connectivity index (χ1v) is 6.77. The van der Waals surface area contributed by atoms with Crippen LogP contribution in [0.15, 0.2) is 18.2 Å². The van der Waals surface area contributed by atoms with Crippen molar-refractivity contribution >= 4 is 0 Å². The number of morpholine rings is 1. The normalized spacial score (nSPS) is 22.8. The molecule has 5 heteroatoms. The minimum Gasteiger partial charge on any atom is -0.496 e. The number of ether oxygens (including phenoxy) is 2. The number of hydrogen-bond acceptors (Lipinski definition) is 4. The highest BCUT2D eigenvalue weighted by Crippen LogP contribution is 2.26. The molecule has 1 aliphatic heterocycles. The van der Waals surface area contributed by atoms with E-state index in [0.717, 1.165) is 12.1 Å². The molecule has 1 unspecified atom stereocenters. The number of hydrogen-bond donors (Lipinski definition) is 1. The Labute approximate surface area is 119 Å². The Bertz CT molecular complexity index is 464. The Hall–Kier alpha value is -1.17. The summed E-state index contributed by atoms with van der Waals surface area (Å²) in [5.41, 5.74) is 0.480. The number of halogens is 1. The molecule has 0 spiro atoms. The molecule has 0 amide bonds. The van der Waals surface area contributed by atoms with Gasteiger partial charge in [0.25, 0.3) is 0 Å². The van der Waals surface area contributed by atoms with Crippen LogP contribution in [0.1, 0.15) is 19.4 Å². The van der Waals surface area contributed by atoms with Crippen molar-refractivity contribution in [1.82, 2.24) is 4.90 Å². The van der Waals surface area contributed by atoms with E-state index in [1.54, 1.807) is 13.2 Å². The van der Waals surface area contributed by atoms with Gasteiger partial charge in [-0.1, -0.05) is 0 Å². The third-order valence-electron chi connectivity index (χ3n) is 3.39. The zero-order chi connectivity index (χ0) is 14.8. The van der Waals surface area contributed by atoms with Gasteiger partial charge >= 0.3 is 0 Å². The fourth-order valence-corrected chi connectivity index (χ4v) is 2.74. The van der Waals surface area contributed by atoms with E-state index in [9.17, 15) is 9.50 Å². The number of methoxy groups -OCH3 is 1. The van der Waals surface area contributed by atoms with E-state index in [0.29, 0.717) is 18.8 Å². The Morgan fingerprint density at radius 2 is 2.25 bits per heavy atom. The van der Waals surface area contributed by atoms with Crippen molar-refractivity contribution in [2.75, 3.05) is 26.8 Å². The van der Waals surface area contributed by atoms with Crippen LogP contribution in [-0.2, 0) is 11.3 Å². The standard InChI is InChI=1S/C15H22FNO3/c1-15(2)10-17(8-13(9-18)20-15)7-11-6-12(16)4-5-14(11)19-3/h4-6,13,18H,7-10H2,1-3H3. The second-order valence-electron chi connectivity index (χ2n) is 5.81. The first-order valence-electron chi connectivity index (χ1n) is 6.77. The molecule has 2 rings (SSSR count). The van der Waals surface area contributed by atoms with E-state index in [-0.39, 0.29) is 24.1 Å². The minimum atomic E-state index is -0.327. The second kappa shape index (κ2) is 6.08. The summed E-state index contributed by atoms with van der Waals surface area (Å²) in [5.74, 6) is 0.406. The van der Waals surface area contributed by atoms with Crippen molar-refractivity contribution in [3.63, 3.8) is 0 Å². The molecule has 1 heterocycles. The van der Waals surface area contributed by atoms with Crippen LogP contribution in [0.5, 0.6) is 5.75 Å². The lowest BCUT2D eigenvalue weighted by Crippen LogP contribution is -2.53. The van der Waals surface area contributed by atoms with Crippen molar-refractivity contribution in [1.29, 1.82) is 0 Å². The van der Waals surface area contributed by atoms with Crippen LogP contribution in [0, 0.1) is 5.82 Å². The molecule has 1 aromatic carbocycles. The van der Waals surface area contributed by atoms with Gasteiger partial charge in [-0.15, -0.1) is 0 Å². The number of nitrogens with zero attached hydrogens (tertiary/aromatic N) is 1. The predicted molar refractivity (Wildman–Crippen MR) is 74.3 cm³/mol. The van der Waals surface area contributed by atoms with Gasteiger partial charge in [-0.2, -0.15) is 0 Å². The molecule has 112 valence electrons. The fraction of sp³-hybridized carbons (Fsp3) is 0.600. The molecule has 0 radical (unpaired) electrons. The van der Waals surface area contributed by atoms with Gasteiger partial charge in [0, 0.05) is 25.2 Å². The monoisotopic (exact) mass is 283 g/mol. The Morgan fingerprint density at radius 3 is 2.90 bits per heavy atom. The average Bonchev–Trinajstić information content (AvgIpc) is 2.37. The van der Waals surface area contributed by atoms with Gasteiger partial charge in [0.2, 0.25) is 0 Å². The van der Waals surface area contributed by atoms with Crippen molar-refractivity contribution in [3.8, 4) is 5.75 Å². The van der Waals surface area contributed by atoms with Crippen LogP contribution in [0.25, 0.3) is 0 Å². The average molecular weight is 283 g/mol. The molecule has 20 heavy (non-hydrogen) atoms. The smallest absolute Gasteiger partial charge is 0.123 e. The van der Waals surface area contributed by atoms with Crippen molar-refractivity contribution in [2.45, 2.75) is 32.1 Å². The van der Waals surface area contributed by atoms with Gasteiger partial charge in [-0.3, -0.25) is 4.90 Å². The fourth-order valence-electron chi connectivity index (χ4n) is 2.74. The van der Waals surface area contributed by atoms with Gasteiger partial charge in [-0.05, 0) is 32.0 Å². The Kier molecular flexibility index (Phi) is 4.62. The quantitative estimate of drug-likeness (QED) is 0.915. The van der Waals surface area contributed by atoms with Gasteiger partial charge in [0.05, 0.1) is 25.4 Å². The maximum absolute atomic E-state index is 13.4. The van der Waals surface area contributed by atoms with Crippen LogP contribution >= 0.6 is 0 Å². The number of aliphatic hydroxyl groups is 1. The van der Waals surface area contributed by atoms with Crippen LogP contribution in [0.4, 0.5) is 4.39 Å². The predicted octanol–water partition coefficient (Wildman–Crippen LogP) is 1.81. The molecule has 1 N–H and O–H groups in total. The molecule has 1 aliphatic rings. The maximum atomic E-state index is 13.4. The zero-order valence-electron chi connectivity index (χ0n) is 12.2. The van der Waals surface area contributed by atoms with Gasteiger partial charge in [-0.25, -0.2) is 4.39 Å². The maximum Gasteiger partial charge on any atom is 0.123 e. The molecular formula is C15H22FNO3. The Morgan fingerprint density at radius 1 is 1.50 bits per heavy atom. The van der Waals surface area contributed by atoms with E-state index in [2.05, 4.69) is 4.90 Å².